The summed E-state index contributed by atoms with van der Waals surface area (Å²) in [6, 6.07) is 0. The molecule has 0 saturated carbocycles. The zero-order valence-corrected chi connectivity index (χ0v) is 71.6. The molecule has 0 aliphatic rings. The van der Waals surface area contributed by atoms with Gasteiger partial charge in [0.25, 0.3) is 0 Å². The standard InChI is InChI=1S/C28H46O13S6.C18H27N3O9S3.C17H28O8S4/c29-21(1-7-42)36-15-27(16-37-22(30)2-8-43,17-38-23(31)3-9-44)13-35-14-28(18-39-24(32)4-10-45,19-40-25(33)5-11-46)20-41-26(34)6-12-47;22-13(1-10-31)28-7-4-19-16(25)20(5-8-29-14(23)2-11-32)18(27)21(17(19)26)6-9-30-15(24)3-12-33;18-13(1-5-26)22-9-17(10-23-14(19)2-6-27,11-24-15(20)3-7-28)12-25-16(21)4-8-29/h42-47H,1-20H2;31-33H,1-12H2;26-29H,1-12H2. The molecule has 1 heterocycles. The van der Waals surface area contributed by atoms with Crippen molar-refractivity contribution in [1.29, 1.82) is 0 Å². The summed E-state index contributed by atoms with van der Waals surface area (Å²) in [4.78, 5) is 194. The molecule has 0 saturated heterocycles. The van der Waals surface area contributed by atoms with Gasteiger partial charge in [-0.3, -0.25) is 62.3 Å². The molecule has 0 aliphatic carbocycles. The van der Waals surface area contributed by atoms with Crippen molar-refractivity contribution in [2.45, 2.75) is 103 Å². The minimum Gasteiger partial charge on any atom is -0.465 e. The quantitative estimate of drug-likeness (QED) is 0.0253. The van der Waals surface area contributed by atoms with E-state index < -0.39 is 111 Å². The van der Waals surface area contributed by atoms with Gasteiger partial charge in [-0.2, -0.15) is 164 Å². The van der Waals surface area contributed by atoms with Crippen molar-refractivity contribution in [3.05, 3.63) is 31.5 Å². The second-order valence-electron chi connectivity index (χ2n) is 22.7. The van der Waals surface area contributed by atoms with E-state index in [0.717, 1.165) is 13.7 Å². The van der Waals surface area contributed by atoms with Gasteiger partial charge in [-0.25, -0.2) is 28.1 Å². The van der Waals surface area contributed by atoms with E-state index >= 15 is 0 Å². The highest BCUT2D eigenvalue weighted by atomic mass is 32.1. The smallest absolute Gasteiger partial charge is 0.336 e. The van der Waals surface area contributed by atoms with Crippen LogP contribution in [0, 0.1) is 16.2 Å². The molecule has 0 aromatic carbocycles. The fourth-order valence-corrected chi connectivity index (χ4v) is 10.1. The summed E-state index contributed by atoms with van der Waals surface area (Å²) in [5.41, 5.74) is -6.94. The molecule has 0 amide bonds. The molecule has 1 rings (SSSR count). The van der Waals surface area contributed by atoms with E-state index in [0.29, 0.717) is 0 Å². The summed E-state index contributed by atoms with van der Waals surface area (Å²) in [5.74, 6) is -4.20. The molecule has 0 bridgehead atoms. The SMILES string of the molecule is O=C(CCS)OCC(COC(=O)CCS)(COC(=O)CCS)COC(=O)CCS.O=C(CCS)OCC(COCC(COC(=O)CCS)(COC(=O)CCS)COC(=O)CCS)(COC(=O)CCS)COC(=O)CCS.O=C(CCS)OCCn1c(=O)n(CCOC(=O)CCS)c(=O)n(CCOC(=O)CCS)c1=O. The lowest BCUT2D eigenvalue weighted by Crippen LogP contribution is -2.55. The maximum Gasteiger partial charge on any atom is 0.336 e. The molecule has 33 nitrogen and oxygen atoms in total. The van der Waals surface area contributed by atoms with Crippen molar-refractivity contribution in [3.8, 4) is 0 Å². The average molecular weight is 1800 g/mol. The van der Waals surface area contributed by atoms with Crippen LogP contribution in [0.15, 0.2) is 14.4 Å². The number of carbonyl (C=O) groups excluding carboxylic acids is 13. The third-order valence-electron chi connectivity index (χ3n) is 13.4. The summed E-state index contributed by atoms with van der Waals surface area (Å²) in [5, 5.41) is 0. The van der Waals surface area contributed by atoms with E-state index in [4.69, 9.17) is 66.3 Å². The lowest BCUT2D eigenvalue weighted by Gasteiger charge is -2.35. The maximum absolute atomic E-state index is 12.7. The summed E-state index contributed by atoms with van der Waals surface area (Å²) in [7, 11) is 0. The number of hydrogen-bond donors (Lipinski definition) is 13. The summed E-state index contributed by atoms with van der Waals surface area (Å²) >= 11 is 51.9. The molecule has 1 aromatic heterocycles. The zero-order valence-electron chi connectivity index (χ0n) is 60.0. The van der Waals surface area contributed by atoms with Gasteiger partial charge >= 0.3 is 94.7 Å². The first-order chi connectivity index (χ1) is 52.0. The molecule has 0 fully saturated rings. The average Bonchev–Trinajstić information content (AvgIpc) is 0.786. The van der Waals surface area contributed by atoms with Crippen LogP contribution < -0.4 is 17.1 Å². The second-order valence-corrected chi connectivity index (χ2v) is 28.5. The highest BCUT2D eigenvalue weighted by Crippen LogP contribution is 2.28. The van der Waals surface area contributed by atoms with Crippen LogP contribution in [0.5, 0.6) is 0 Å². The molecular weight excluding hydrogens is 1700 g/mol. The minimum atomic E-state index is -1.41. The van der Waals surface area contributed by atoms with Crippen LogP contribution in [0.1, 0.15) is 83.5 Å². The van der Waals surface area contributed by atoms with Crippen LogP contribution >= 0.6 is 164 Å². The third kappa shape index (κ3) is 51.5. The summed E-state index contributed by atoms with van der Waals surface area (Å²) in [6.07, 6.45) is 0.313. The van der Waals surface area contributed by atoms with Crippen LogP contribution in [0.25, 0.3) is 0 Å². The molecular formula is C63H101N3O30S13. The molecule has 0 aliphatic heterocycles. The lowest BCUT2D eigenvalue weighted by molar-refractivity contribution is -0.176. The number of nitrogens with zero attached hydrogens (tertiary/aromatic N) is 3. The Labute approximate surface area is 703 Å². The summed E-state index contributed by atoms with van der Waals surface area (Å²) < 4.78 is 76.5. The number of thiol groups is 13. The van der Waals surface area contributed by atoms with Gasteiger partial charge in [-0.1, -0.05) is 0 Å². The van der Waals surface area contributed by atoms with Crippen molar-refractivity contribution in [1.82, 2.24) is 13.7 Å². The highest BCUT2D eigenvalue weighted by molar-refractivity contribution is 7.82. The van der Waals surface area contributed by atoms with Gasteiger partial charge < -0.3 is 66.3 Å². The Hall–Kier alpha value is -3.97. The number of carbonyl (C=O) groups is 13. The molecule has 1 aromatic rings. The normalized spacial score (nSPS) is 11.0. The molecule has 0 N–H and O–H groups in total. The molecule has 0 unspecified atom stereocenters. The Kier molecular flexibility index (Phi) is 65.2. The molecule has 0 radical (unpaired) electrons. The molecule has 0 spiro atoms. The van der Waals surface area contributed by atoms with Crippen LogP contribution in [-0.4, -0.2) is 265 Å². The van der Waals surface area contributed by atoms with E-state index in [9.17, 15) is 76.7 Å². The first kappa shape index (κ1) is 107. The van der Waals surface area contributed by atoms with Gasteiger partial charge in [-0.05, 0) is 0 Å². The van der Waals surface area contributed by atoms with Gasteiger partial charge in [0.1, 0.15) is 91.3 Å². The van der Waals surface area contributed by atoms with Crippen LogP contribution in [-0.2, 0) is 148 Å². The predicted molar refractivity (Wildman–Crippen MR) is 440 cm³/mol. The fourth-order valence-electron chi connectivity index (χ4n) is 7.70. The lowest BCUT2D eigenvalue weighted by atomic mass is 9.90. The molecule has 0 atom stereocenters. The van der Waals surface area contributed by atoms with Gasteiger partial charge in [-0.15, -0.1) is 0 Å². The van der Waals surface area contributed by atoms with Crippen molar-refractivity contribution >= 4 is 242 Å². The zero-order chi connectivity index (χ0) is 82.5. The van der Waals surface area contributed by atoms with Crippen molar-refractivity contribution in [2.75, 3.05) is 174 Å². The Bertz CT molecular complexity index is 2680. The topological polar surface area (TPSA) is 417 Å². The highest BCUT2D eigenvalue weighted by Gasteiger charge is 2.42. The summed E-state index contributed by atoms with van der Waals surface area (Å²) in [6.45, 7) is -5.93. The predicted octanol–water partition coefficient (Wildman–Crippen LogP) is 2.34. The Morgan fingerprint density at radius 2 is 0.321 bits per heavy atom. The Morgan fingerprint density at radius 1 is 0.202 bits per heavy atom. The van der Waals surface area contributed by atoms with Crippen molar-refractivity contribution in [3.63, 3.8) is 0 Å². The molecule has 46 heteroatoms. The number of ether oxygens (including phenoxy) is 14. The second kappa shape index (κ2) is 66.3. The van der Waals surface area contributed by atoms with Crippen LogP contribution in [0.2, 0.25) is 0 Å². The van der Waals surface area contributed by atoms with Crippen molar-refractivity contribution in [2.24, 2.45) is 16.2 Å². The largest absolute Gasteiger partial charge is 0.465 e. The minimum absolute atomic E-state index is 0.0189. The molecule has 109 heavy (non-hydrogen) atoms. The third-order valence-corrected chi connectivity index (χ3v) is 16.3. The first-order valence-corrected chi connectivity index (χ1v) is 41.7. The van der Waals surface area contributed by atoms with E-state index in [1.807, 2.05) is 0 Å². The van der Waals surface area contributed by atoms with E-state index in [1.165, 1.54) is 0 Å². The Morgan fingerprint density at radius 3 is 0.450 bits per heavy atom. The monoisotopic (exact) mass is 1800 g/mol. The van der Waals surface area contributed by atoms with Crippen LogP contribution in [0.4, 0.5) is 0 Å². The van der Waals surface area contributed by atoms with Gasteiger partial charge in [0, 0.05) is 74.8 Å². The van der Waals surface area contributed by atoms with E-state index in [2.05, 4.69) is 164 Å². The number of hydrogen-bond acceptors (Lipinski definition) is 43. The van der Waals surface area contributed by atoms with E-state index in [-0.39, 0.29) is 277 Å². The van der Waals surface area contributed by atoms with Gasteiger partial charge in [0.2, 0.25) is 0 Å². The molecule has 626 valence electrons. The number of rotatable bonds is 59. The van der Waals surface area contributed by atoms with Crippen molar-refractivity contribution < 1.29 is 129 Å². The first-order valence-electron chi connectivity index (χ1n) is 33.5. The number of aromatic nitrogens is 3. The maximum atomic E-state index is 12.7. The Balaban J connectivity index is 0. The van der Waals surface area contributed by atoms with Gasteiger partial charge in [0.05, 0.1) is 127 Å². The van der Waals surface area contributed by atoms with Gasteiger partial charge in [0.15, 0.2) is 0 Å². The van der Waals surface area contributed by atoms with E-state index in [1.54, 1.807) is 0 Å². The fraction of sp³-hybridized carbons (Fsp3) is 0.746. The number of esters is 13. The van der Waals surface area contributed by atoms with Crippen LogP contribution in [0.3, 0.4) is 0 Å².